The van der Waals surface area contributed by atoms with E-state index in [2.05, 4.69) is 0 Å². The molecule has 0 amide bonds. The number of ether oxygens (including phenoxy) is 1. The molecule has 7 heteroatoms. The van der Waals surface area contributed by atoms with Crippen LogP contribution in [0, 0.1) is 0 Å². The molecule has 0 saturated carbocycles. The summed E-state index contributed by atoms with van der Waals surface area (Å²) < 4.78 is 11.2. The van der Waals surface area contributed by atoms with E-state index in [-0.39, 0.29) is 11.0 Å². The van der Waals surface area contributed by atoms with Crippen LogP contribution in [-0.2, 0) is 4.65 Å². The molecule has 0 aliphatic carbocycles. The lowest BCUT2D eigenvalue weighted by Crippen LogP contribution is -2.53. The second kappa shape index (κ2) is 6.74. The molecule has 1 aromatic rings. The molecule has 1 aromatic carbocycles. The predicted molar refractivity (Wildman–Crippen MR) is 92.9 cm³/mol. The molecule has 0 spiro atoms. The number of hydrogen-bond donors (Lipinski definition) is 3. The van der Waals surface area contributed by atoms with Crippen molar-refractivity contribution in [3.63, 3.8) is 0 Å². The van der Waals surface area contributed by atoms with E-state index in [1.807, 2.05) is 20.8 Å². The SMILES string of the molecule is CC(C)(C)Oc1ccc(B(O)OC(C)(C)C(C)(C)O)c(C(=O)O)c1. The molecule has 0 radical (unpaired) electrons. The van der Waals surface area contributed by atoms with Gasteiger partial charge in [0.1, 0.15) is 11.4 Å². The summed E-state index contributed by atoms with van der Waals surface area (Å²) in [7, 11) is -1.50. The second-order valence-corrected chi connectivity index (χ2v) is 7.81. The van der Waals surface area contributed by atoms with Crippen molar-refractivity contribution in [3.8, 4) is 5.75 Å². The quantitative estimate of drug-likeness (QED) is 0.685. The summed E-state index contributed by atoms with van der Waals surface area (Å²) in [5.41, 5.74) is -2.82. The van der Waals surface area contributed by atoms with Gasteiger partial charge in [0.25, 0.3) is 0 Å². The molecule has 0 aliphatic rings. The van der Waals surface area contributed by atoms with Gasteiger partial charge in [-0.15, -0.1) is 0 Å². The van der Waals surface area contributed by atoms with Crippen LogP contribution in [0.1, 0.15) is 58.8 Å². The van der Waals surface area contributed by atoms with Crippen LogP contribution in [-0.4, -0.2) is 45.1 Å². The molecule has 1 rings (SSSR count). The monoisotopic (exact) mass is 338 g/mol. The van der Waals surface area contributed by atoms with Crippen LogP contribution in [0.15, 0.2) is 18.2 Å². The minimum Gasteiger partial charge on any atom is -0.488 e. The minimum absolute atomic E-state index is 0.0982. The fraction of sp³-hybridized carbons (Fsp3) is 0.588. The van der Waals surface area contributed by atoms with Gasteiger partial charge in [-0.05, 0) is 66.1 Å². The first-order valence-corrected chi connectivity index (χ1v) is 7.78. The summed E-state index contributed by atoms with van der Waals surface area (Å²) in [6.45, 7) is 11.9. The molecule has 0 heterocycles. The molecular formula is C17H27BO6. The van der Waals surface area contributed by atoms with Crippen molar-refractivity contribution in [2.24, 2.45) is 0 Å². The van der Waals surface area contributed by atoms with Crippen LogP contribution in [0.4, 0.5) is 0 Å². The Morgan fingerprint density at radius 1 is 1.08 bits per heavy atom. The smallest absolute Gasteiger partial charge is 0.488 e. The maximum absolute atomic E-state index is 11.5. The van der Waals surface area contributed by atoms with Gasteiger partial charge in [0.15, 0.2) is 0 Å². The van der Waals surface area contributed by atoms with Crippen LogP contribution in [0.3, 0.4) is 0 Å². The number of carboxylic acid groups (broad SMARTS) is 1. The molecule has 0 aromatic heterocycles. The van der Waals surface area contributed by atoms with Crippen molar-refractivity contribution >= 4 is 18.6 Å². The number of benzene rings is 1. The van der Waals surface area contributed by atoms with Gasteiger partial charge in [-0.25, -0.2) is 4.79 Å². The summed E-state index contributed by atoms with van der Waals surface area (Å²) in [6, 6.07) is 4.39. The van der Waals surface area contributed by atoms with Crippen molar-refractivity contribution in [1.29, 1.82) is 0 Å². The summed E-state index contributed by atoms with van der Waals surface area (Å²) >= 11 is 0. The van der Waals surface area contributed by atoms with Gasteiger partial charge in [-0.2, -0.15) is 0 Å². The number of hydrogen-bond acceptors (Lipinski definition) is 5. The molecule has 3 N–H and O–H groups in total. The van der Waals surface area contributed by atoms with Crippen LogP contribution < -0.4 is 10.2 Å². The Labute approximate surface area is 143 Å². The van der Waals surface area contributed by atoms with Gasteiger partial charge in [-0.1, -0.05) is 6.07 Å². The zero-order chi connectivity index (χ0) is 18.9. The van der Waals surface area contributed by atoms with E-state index in [1.54, 1.807) is 33.8 Å². The van der Waals surface area contributed by atoms with Crippen molar-refractivity contribution in [2.45, 2.75) is 65.3 Å². The highest BCUT2D eigenvalue weighted by atomic mass is 16.5. The Bertz CT molecular complexity index is 598. The fourth-order valence-corrected chi connectivity index (χ4v) is 1.84. The predicted octanol–water partition coefficient (Wildman–Crippen LogP) is 1.82. The topological polar surface area (TPSA) is 96.2 Å². The first kappa shape index (κ1) is 20.5. The Morgan fingerprint density at radius 3 is 2.04 bits per heavy atom. The van der Waals surface area contributed by atoms with Gasteiger partial charge >= 0.3 is 13.1 Å². The van der Waals surface area contributed by atoms with Crippen LogP contribution >= 0.6 is 0 Å². The molecule has 0 atom stereocenters. The molecule has 6 nitrogen and oxygen atoms in total. The van der Waals surface area contributed by atoms with Crippen molar-refractivity contribution in [3.05, 3.63) is 23.8 Å². The lowest BCUT2D eigenvalue weighted by atomic mass is 9.74. The minimum atomic E-state index is -1.50. The molecule has 0 bridgehead atoms. The molecule has 0 aliphatic heterocycles. The van der Waals surface area contributed by atoms with E-state index >= 15 is 0 Å². The number of aromatic carboxylic acids is 1. The Kier molecular flexibility index (Phi) is 5.75. The maximum atomic E-state index is 11.5. The lowest BCUT2D eigenvalue weighted by molar-refractivity contribution is -0.0982. The third kappa shape index (κ3) is 5.23. The van der Waals surface area contributed by atoms with E-state index in [4.69, 9.17) is 9.39 Å². The number of aliphatic hydroxyl groups is 1. The van der Waals surface area contributed by atoms with Crippen LogP contribution in [0.5, 0.6) is 5.75 Å². The molecule has 0 fully saturated rings. The maximum Gasteiger partial charge on any atom is 0.492 e. The van der Waals surface area contributed by atoms with E-state index in [1.165, 1.54) is 12.1 Å². The molecule has 134 valence electrons. The van der Waals surface area contributed by atoms with Gasteiger partial charge in [0.2, 0.25) is 0 Å². The first-order valence-electron chi connectivity index (χ1n) is 7.78. The standard InChI is InChI=1S/C17H27BO6/c1-15(2,3)23-11-8-9-13(12(10-11)14(19)20)18(22)24-17(6,7)16(4,5)21/h8-10,21-22H,1-7H3,(H,19,20). The average Bonchev–Trinajstić information content (AvgIpc) is 2.34. The summed E-state index contributed by atoms with van der Waals surface area (Å²) in [6.07, 6.45) is 0. The zero-order valence-electron chi connectivity index (χ0n) is 15.4. The first-order chi connectivity index (χ1) is 10.6. The fourth-order valence-electron chi connectivity index (χ4n) is 1.84. The average molecular weight is 338 g/mol. The molecular weight excluding hydrogens is 311 g/mol. The van der Waals surface area contributed by atoms with Crippen molar-refractivity contribution < 1.29 is 29.4 Å². The van der Waals surface area contributed by atoms with E-state index in [0.717, 1.165) is 0 Å². The Hall–Kier alpha value is -1.57. The third-order valence-corrected chi connectivity index (χ3v) is 3.82. The summed E-state index contributed by atoms with van der Waals surface area (Å²) in [5.74, 6) is -0.814. The van der Waals surface area contributed by atoms with Crippen molar-refractivity contribution in [1.82, 2.24) is 0 Å². The normalized spacial score (nSPS) is 12.9. The molecule has 0 saturated heterocycles. The number of carbonyl (C=O) groups is 1. The third-order valence-electron chi connectivity index (χ3n) is 3.82. The summed E-state index contributed by atoms with van der Waals surface area (Å²) in [4.78, 5) is 11.5. The van der Waals surface area contributed by atoms with Gasteiger partial charge in [0, 0.05) is 0 Å². The Balaban J connectivity index is 3.17. The van der Waals surface area contributed by atoms with E-state index in [0.29, 0.717) is 5.75 Å². The lowest BCUT2D eigenvalue weighted by Gasteiger charge is -2.38. The van der Waals surface area contributed by atoms with E-state index in [9.17, 15) is 20.0 Å². The molecule has 0 unspecified atom stereocenters. The second-order valence-electron chi connectivity index (χ2n) is 7.81. The zero-order valence-corrected chi connectivity index (χ0v) is 15.4. The molecule has 24 heavy (non-hydrogen) atoms. The van der Waals surface area contributed by atoms with Crippen LogP contribution in [0.25, 0.3) is 0 Å². The van der Waals surface area contributed by atoms with Gasteiger partial charge in [0.05, 0.1) is 16.8 Å². The largest absolute Gasteiger partial charge is 0.492 e. The van der Waals surface area contributed by atoms with E-state index < -0.39 is 29.9 Å². The van der Waals surface area contributed by atoms with Gasteiger partial charge < -0.3 is 24.6 Å². The number of carboxylic acids is 1. The Morgan fingerprint density at radius 2 is 1.62 bits per heavy atom. The van der Waals surface area contributed by atoms with Crippen molar-refractivity contribution in [2.75, 3.05) is 0 Å². The van der Waals surface area contributed by atoms with Crippen LogP contribution in [0.2, 0.25) is 0 Å². The highest BCUT2D eigenvalue weighted by molar-refractivity contribution is 6.61. The summed E-state index contributed by atoms with van der Waals surface area (Å²) in [5, 5.41) is 29.9. The van der Waals surface area contributed by atoms with Gasteiger partial charge in [-0.3, -0.25) is 0 Å². The number of rotatable bonds is 6. The highest BCUT2D eigenvalue weighted by Gasteiger charge is 2.40. The highest BCUT2D eigenvalue weighted by Crippen LogP contribution is 2.26.